The van der Waals surface area contributed by atoms with Crippen molar-refractivity contribution in [2.75, 3.05) is 10.6 Å². The van der Waals surface area contributed by atoms with Crippen molar-refractivity contribution < 1.29 is 0 Å². The van der Waals surface area contributed by atoms with Crippen molar-refractivity contribution in [3.05, 3.63) is 77.6 Å². The van der Waals surface area contributed by atoms with Crippen LogP contribution in [0.5, 0.6) is 0 Å². The van der Waals surface area contributed by atoms with Crippen LogP contribution >= 0.6 is 0 Å². The van der Waals surface area contributed by atoms with Crippen LogP contribution in [0.3, 0.4) is 0 Å². The van der Waals surface area contributed by atoms with E-state index >= 15 is 0 Å². The van der Waals surface area contributed by atoms with Gasteiger partial charge in [0.25, 0.3) is 0 Å². The van der Waals surface area contributed by atoms with Gasteiger partial charge in [0.05, 0.1) is 0 Å². The third-order valence-corrected chi connectivity index (χ3v) is 3.66. The van der Waals surface area contributed by atoms with Crippen LogP contribution in [-0.2, 0) is 6.54 Å². The molecule has 0 unspecified atom stereocenters. The summed E-state index contributed by atoms with van der Waals surface area (Å²) in [5.74, 6) is 2.15. The van der Waals surface area contributed by atoms with Gasteiger partial charge in [-0.05, 0) is 26.0 Å². The minimum atomic E-state index is 0.267. The topological polar surface area (TPSA) is 54.2 Å². The van der Waals surface area contributed by atoms with E-state index in [0.29, 0.717) is 18.2 Å². The van der Waals surface area contributed by atoms with Crippen LogP contribution < -0.4 is 10.6 Å². The largest absolute Gasteiger partial charge is 0.368 e. The van der Waals surface area contributed by atoms with Gasteiger partial charge in [0.1, 0.15) is 11.6 Å². The van der Waals surface area contributed by atoms with Gasteiger partial charge < -0.3 is 15.5 Å². The smallest absolute Gasteiger partial charge is 0.239 e. The van der Waals surface area contributed by atoms with Crippen LogP contribution in [0.25, 0.3) is 16.2 Å². The van der Waals surface area contributed by atoms with Crippen molar-refractivity contribution in [3.63, 3.8) is 0 Å². The van der Waals surface area contributed by atoms with E-state index in [1.54, 1.807) is 0 Å². The van der Waals surface area contributed by atoms with E-state index in [1.807, 2.05) is 60.7 Å². The molecule has 3 rings (SSSR count). The van der Waals surface area contributed by atoms with Gasteiger partial charge in [-0.1, -0.05) is 42.5 Å². The molecule has 0 aliphatic rings. The highest BCUT2D eigenvalue weighted by atomic mass is 15.1. The van der Waals surface area contributed by atoms with Gasteiger partial charge in [-0.2, -0.15) is 0 Å². The maximum absolute atomic E-state index is 7.02. The Hall–Kier alpha value is -3.39. The molecule has 3 aromatic rings. The monoisotopic (exact) mass is 343 g/mol. The second-order valence-electron chi connectivity index (χ2n) is 6.27. The Labute approximate surface area is 154 Å². The zero-order chi connectivity index (χ0) is 18.4. The predicted molar refractivity (Wildman–Crippen MR) is 106 cm³/mol. The van der Waals surface area contributed by atoms with E-state index in [-0.39, 0.29) is 6.04 Å². The molecular formula is C21H21N5. The zero-order valence-electron chi connectivity index (χ0n) is 14.9. The minimum Gasteiger partial charge on any atom is -0.368 e. The number of hydrogen-bond donors (Lipinski definition) is 2. The lowest BCUT2D eigenvalue weighted by atomic mass is 10.2. The Kier molecular flexibility index (Phi) is 5.45. The van der Waals surface area contributed by atoms with E-state index in [4.69, 9.17) is 6.57 Å². The molecule has 2 aromatic carbocycles. The van der Waals surface area contributed by atoms with Gasteiger partial charge in [0.15, 0.2) is 5.82 Å². The SMILES string of the molecule is [C-]#[N+]Cc1cccc(Nc2cc(NC(C)C)nc(-c3ccccc3)n2)c1. The molecule has 0 atom stereocenters. The Morgan fingerprint density at radius 3 is 2.46 bits per heavy atom. The molecule has 0 saturated carbocycles. The minimum absolute atomic E-state index is 0.267. The molecule has 0 saturated heterocycles. The maximum atomic E-state index is 7.02. The first-order valence-electron chi connectivity index (χ1n) is 8.54. The van der Waals surface area contributed by atoms with Gasteiger partial charge in [-0.15, -0.1) is 0 Å². The lowest BCUT2D eigenvalue weighted by Gasteiger charge is -2.13. The number of hydrogen-bond acceptors (Lipinski definition) is 4. The second-order valence-corrected chi connectivity index (χ2v) is 6.27. The van der Waals surface area contributed by atoms with E-state index in [2.05, 4.69) is 39.3 Å². The molecule has 0 fully saturated rings. The highest BCUT2D eigenvalue weighted by Gasteiger charge is 2.08. The summed E-state index contributed by atoms with van der Waals surface area (Å²) < 4.78 is 0. The van der Waals surface area contributed by atoms with Gasteiger partial charge >= 0.3 is 0 Å². The summed E-state index contributed by atoms with van der Waals surface area (Å²) in [6, 6.07) is 19.9. The van der Waals surface area contributed by atoms with E-state index < -0.39 is 0 Å². The van der Waals surface area contributed by atoms with Crippen molar-refractivity contribution in [3.8, 4) is 11.4 Å². The normalized spacial score (nSPS) is 10.4. The summed E-state index contributed by atoms with van der Waals surface area (Å²) >= 11 is 0. The van der Waals surface area contributed by atoms with Crippen LogP contribution in [0.4, 0.5) is 17.3 Å². The predicted octanol–water partition coefficient (Wildman–Crippen LogP) is 5.13. The zero-order valence-corrected chi connectivity index (χ0v) is 14.9. The first-order valence-corrected chi connectivity index (χ1v) is 8.54. The lowest BCUT2D eigenvalue weighted by Crippen LogP contribution is -2.12. The average Bonchev–Trinajstić information content (AvgIpc) is 2.62. The Morgan fingerprint density at radius 1 is 0.962 bits per heavy atom. The Bertz CT molecular complexity index is 913. The summed E-state index contributed by atoms with van der Waals surface area (Å²) in [6.45, 7) is 11.5. The third kappa shape index (κ3) is 4.58. The Balaban J connectivity index is 1.95. The van der Waals surface area contributed by atoms with Gasteiger partial charge in [0.2, 0.25) is 6.54 Å². The fourth-order valence-corrected chi connectivity index (χ4v) is 2.58. The summed E-state index contributed by atoms with van der Waals surface area (Å²) in [7, 11) is 0. The summed E-state index contributed by atoms with van der Waals surface area (Å²) in [5.41, 5.74) is 2.84. The van der Waals surface area contributed by atoms with Crippen LogP contribution in [0.2, 0.25) is 0 Å². The summed E-state index contributed by atoms with van der Waals surface area (Å²) in [4.78, 5) is 12.7. The average molecular weight is 343 g/mol. The molecule has 2 N–H and O–H groups in total. The molecule has 0 bridgehead atoms. The molecule has 5 heteroatoms. The van der Waals surface area contributed by atoms with Gasteiger partial charge in [-0.25, -0.2) is 16.5 Å². The van der Waals surface area contributed by atoms with Crippen molar-refractivity contribution in [1.29, 1.82) is 0 Å². The number of nitrogens with zero attached hydrogens (tertiary/aromatic N) is 3. The van der Waals surface area contributed by atoms with E-state index in [9.17, 15) is 0 Å². The van der Waals surface area contributed by atoms with Crippen molar-refractivity contribution in [1.82, 2.24) is 9.97 Å². The molecule has 0 spiro atoms. The molecule has 1 aromatic heterocycles. The standard InChI is InChI=1S/C21H21N5/c1-15(2)23-19-13-20(24-18-11-7-8-16(12-18)14-22-3)26-21(25-19)17-9-5-4-6-10-17/h4-13,15H,14H2,1-2H3,(H2,23,24,25,26). The van der Waals surface area contributed by atoms with Gasteiger partial charge in [-0.3, -0.25) is 0 Å². The first-order chi connectivity index (χ1) is 12.6. The summed E-state index contributed by atoms with van der Waals surface area (Å²) in [5, 5.41) is 6.67. The maximum Gasteiger partial charge on any atom is 0.239 e. The molecule has 130 valence electrons. The van der Waals surface area contributed by atoms with Crippen molar-refractivity contribution >= 4 is 17.3 Å². The molecule has 0 aliphatic heterocycles. The molecule has 0 aliphatic carbocycles. The van der Waals surface area contributed by atoms with E-state index in [1.165, 1.54) is 0 Å². The molecule has 26 heavy (non-hydrogen) atoms. The van der Waals surface area contributed by atoms with E-state index in [0.717, 1.165) is 22.6 Å². The molecule has 0 radical (unpaired) electrons. The highest BCUT2D eigenvalue weighted by molar-refractivity contribution is 5.65. The number of anilines is 3. The van der Waals surface area contributed by atoms with Crippen LogP contribution in [0.15, 0.2) is 60.7 Å². The second kappa shape index (κ2) is 8.13. The quantitative estimate of drug-likeness (QED) is 0.610. The lowest BCUT2D eigenvalue weighted by molar-refractivity contribution is 0.887. The molecule has 5 nitrogen and oxygen atoms in total. The van der Waals surface area contributed by atoms with Crippen LogP contribution in [-0.4, -0.2) is 16.0 Å². The number of aromatic nitrogens is 2. The molecule has 1 heterocycles. The molecule has 0 amide bonds. The number of nitrogens with one attached hydrogen (secondary N) is 2. The van der Waals surface area contributed by atoms with Gasteiger partial charge in [0, 0.05) is 28.9 Å². The fourth-order valence-electron chi connectivity index (χ4n) is 2.58. The van der Waals surface area contributed by atoms with Crippen molar-refractivity contribution in [2.45, 2.75) is 26.4 Å². The first kappa shape index (κ1) is 17.4. The Morgan fingerprint density at radius 2 is 1.73 bits per heavy atom. The number of rotatable bonds is 6. The van der Waals surface area contributed by atoms with Crippen molar-refractivity contribution in [2.24, 2.45) is 0 Å². The number of benzene rings is 2. The van der Waals surface area contributed by atoms with Crippen LogP contribution in [0, 0.1) is 6.57 Å². The fraction of sp³-hybridized carbons (Fsp3) is 0.190. The van der Waals surface area contributed by atoms with Crippen LogP contribution in [0.1, 0.15) is 19.4 Å². The highest BCUT2D eigenvalue weighted by Crippen LogP contribution is 2.23. The summed E-state index contributed by atoms with van der Waals surface area (Å²) in [6.07, 6.45) is 0. The third-order valence-electron chi connectivity index (χ3n) is 3.66. The molecular weight excluding hydrogens is 322 g/mol.